The maximum atomic E-state index is 13.3. The van der Waals surface area contributed by atoms with E-state index in [4.69, 9.17) is 28.6 Å². The summed E-state index contributed by atoms with van der Waals surface area (Å²) >= 11 is 13.9. The van der Waals surface area contributed by atoms with Crippen molar-refractivity contribution in [1.29, 1.82) is 5.26 Å². The second-order valence-electron chi connectivity index (χ2n) is 8.66. The maximum Gasteiger partial charge on any atom is 0.258 e. The molecule has 5 nitrogen and oxygen atoms in total. The van der Waals surface area contributed by atoms with E-state index in [-0.39, 0.29) is 5.91 Å². The zero-order chi connectivity index (χ0) is 24.3. The summed E-state index contributed by atoms with van der Waals surface area (Å²) in [7, 11) is 0. The number of nitriles is 1. The summed E-state index contributed by atoms with van der Waals surface area (Å²) in [5.41, 5.74) is 0.853. The number of hydrogen-bond donors (Lipinski definition) is 0. The summed E-state index contributed by atoms with van der Waals surface area (Å²) in [5.74, 6) is 0.711. The van der Waals surface area contributed by atoms with E-state index >= 15 is 0 Å². The predicted molar refractivity (Wildman–Crippen MR) is 139 cm³/mol. The molecule has 0 saturated carbocycles. The summed E-state index contributed by atoms with van der Waals surface area (Å²) in [5, 5.41) is 10.5. The van der Waals surface area contributed by atoms with E-state index in [0.29, 0.717) is 51.8 Å². The predicted octanol–water partition coefficient (Wildman–Crippen LogP) is 6.20. The van der Waals surface area contributed by atoms with Gasteiger partial charge in [0.05, 0.1) is 22.9 Å². The first kappa shape index (κ1) is 25.4. The van der Waals surface area contributed by atoms with Crippen LogP contribution in [0, 0.1) is 18.3 Å². The molecule has 0 N–H and O–H groups in total. The molecule has 0 spiro atoms. The molecule has 0 atom stereocenters. The Morgan fingerprint density at radius 3 is 2.48 bits per heavy atom. The number of nitrogens with zero attached hydrogens (tertiary/aromatic N) is 3. The van der Waals surface area contributed by atoms with Gasteiger partial charge in [0, 0.05) is 16.7 Å². The summed E-state index contributed by atoms with van der Waals surface area (Å²) in [6.45, 7) is 11.0. The normalized spacial score (nSPS) is 15.3. The Hall–Kier alpha value is -2.27. The highest BCUT2D eigenvalue weighted by atomic mass is 35.5. The molecule has 2 aromatic carbocycles. The number of carbonyl (C=O) groups is 1. The van der Waals surface area contributed by atoms with Crippen molar-refractivity contribution in [2.45, 2.75) is 56.7 Å². The first-order valence-corrected chi connectivity index (χ1v) is 12.5. The molecule has 174 valence electrons. The minimum atomic E-state index is -0.792. The summed E-state index contributed by atoms with van der Waals surface area (Å²) in [6, 6.07) is 13.5. The van der Waals surface area contributed by atoms with Crippen molar-refractivity contribution < 1.29 is 9.53 Å². The Labute approximate surface area is 210 Å². The van der Waals surface area contributed by atoms with Crippen molar-refractivity contribution >= 4 is 52.3 Å². The summed E-state index contributed by atoms with van der Waals surface area (Å²) in [4.78, 5) is 18.0. The van der Waals surface area contributed by atoms with Crippen LogP contribution in [0.2, 0.25) is 5.02 Å². The fourth-order valence-corrected chi connectivity index (χ4v) is 5.27. The summed E-state index contributed by atoms with van der Waals surface area (Å²) in [6.07, 6.45) is 0.709. The molecule has 1 aliphatic heterocycles. The van der Waals surface area contributed by atoms with Gasteiger partial charge in [-0.2, -0.15) is 5.26 Å². The zero-order valence-electron chi connectivity index (χ0n) is 19.5. The molecule has 3 rings (SSSR count). The van der Waals surface area contributed by atoms with Gasteiger partial charge in [-0.1, -0.05) is 25.4 Å². The van der Waals surface area contributed by atoms with Gasteiger partial charge in [0.15, 0.2) is 5.11 Å². The van der Waals surface area contributed by atoms with Gasteiger partial charge >= 0.3 is 0 Å². The average molecular weight is 502 g/mol. The number of rotatable bonds is 8. The second-order valence-corrected chi connectivity index (χ2v) is 11.0. The van der Waals surface area contributed by atoms with E-state index in [0.717, 1.165) is 5.75 Å². The SMILES string of the molecule is Cc1c(N2C(=O)C(C)(C)N(CCCOc3ccc(SC(C)C)cc3)C2=S)ccc(C#N)c1Cl. The molecule has 0 bridgehead atoms. The molecule has 33 heavy (non-hydrogen) atoms. The van der Waals surface area contributed by atoms with Gasteiger partial charge in [-0.3, -0.25) is 9.69 Å². The van der Waals surface area contributed by atoms with Crippen LogP contribution in [0.5, 0.6) is 5.75 Å². The first-order chi connectivity index (χ1) is 15.6. The van der Waals surface area contributed by atoms with Crippen LogP contribution in [-0.4, -0.2) is 39.9 Å². The van der Waals surface area contributed by atoms with Crippen molar-refractivity contribution in [2.24, 2.45) is 0 Å². The Morgan fingerprint density at radius 2 is 1.88 bits per heavy atom. The molecular formula is C25H28ClN3O2S2. The number of ether oxygens (including phenoxy) is 1. The fraction of sp³-hybridized carbons (Fsp3) is 0.400. The number of carbonyl (C=O) groups excluding carboxylic acids is 1. The average Bonchev–Trinajstić information content (AvgIpc) is 2.93. The largest absolute Gasteiger partial charge is 0.494 e. The van der Waals surface area contributed by atoms with Crippen LogP contribution >= 0.6 is 35.6 Å². The molecule has 1 amide bonds. The Bertz CT molecular complexity index is 1090. The number of anilines is 1. The standard InChI is InChI=1S/C25H28ClN3O2S2/c1-16(2)33-20-10-8-19(9-11-20)31-14-6-13-28-24(32)29(23(30)25(28,4)5)21-12-7-18(15-27)22(26)17(21)3/h7-12,16H,6,13-14H2,1-5H3. The molecule has 0 aromatic heterocycles. The van der Waals surface area contributed by atoms with E-state index in [9.17, 15) is 10.1 Å². The van der Waals surface area contributed by atoms with Crippen LogP contribution in [0.1, 0.15) is 45.2 Å². The fourth-order valence-electron chi connectivity index (χ4n) is 3.73. The number of hydrogen-bond acceptors (Lipinski definition) is 5. The smallest absolute Gasteiger partial charge is 0.258 e. The van der Waals surface area contributed by atoms with Crippen LogP contribution in [0.25, 0.3) is 0 Å². The van der Waals surface area contributed by atoms with Crippen LogP contribution in [0.3, 0.4) is 0 Å². The van der Waals surface area contributed by atoms with E-state index < -0.39 is 5.54 Å². The molecule has 2 aromatic rings. The van der Waals surface area contributed by atoms with Crippen LogP contribution in [0.4, 0.5) is 5.69 Å². The Kier molecular flexibility index (Phi) is 7.94. The van der Waals surface area contributed by atoms with Gasteiger partial charge in [-0.05, 0) is 81.4 Å². The van der Waals surface area contributed by atoms with E-state index in [1.807, 2.05) is 42.6 Å². The molecule has 1 aliphatic rings. The number of halogens is 1. The van der Waals surface area contributed by atoms with Crippen molar-refractivity contribution in [2.75, 3.05) is 18.1 Å². The van der Waals surface area contributed by atoms with Gasteiger partial charge < -0.3 is 9.64 Å². The monoisotopic (exact) mass is 501 g/mol. The zero-order valence-corrected chi connectivity index (χ0v) is 21.9. The van der Waals surface area contributed by atoms with E-state index in [1.54, 1.807) is 19.1 Å². The van der Waals surface area contributed by atoms with Crippen molar-refractivity contribution in [3.05, 3.63) is 52.5 Å². The second kappa shape index (κ2) is 10.3. The van der Waals surface area contributed by atoms with Crippen molar-refractivity contribution in [1.82, 2.24) is 4.90 Å². The third kappa shape index (κ3) is 5.29. The molecule has 1 fully saturated rings. The lowest BCUT2D eigenvalue weighted by atomic mass is 10.0. The molecule has 8 heteroatoms. The third-order valence-electron chi connectivity index (χ3n) is 5.53. The highest BCUT2D eigenvalue weighted by molar-refractivity contribution is 7.99. The molecule has 0 radical (unpaired) electrons. The minimum absolute atomic E-state index is 0.115. The van der Waals surface area contributed by atoms with Crippen LogP contribution in [-0.2, 0) is 4.79 Å². The van der Waals surface area contributed by atoms with Crippen molar-refractivity contribution in [3.8, 4) is 11.8 Å². The lowest BCUT2D eigenvalue weighted by molar-refractivity contribution is -0.123. The number of thioether (sulfide) groups is 1. The Morgan fingerprint density at radius 1 is 1.21 bits per heavy atom. The molecule has 0 aliphatic carbocycles. The Balaban J connectivity index is 1.66. The van der Waals surface area contributed by atoms with Gasteiger partial charge in [0.2, 0.25) is 0 Å². The van der Waals surface area contributed by atoms with Gasteiger partial charge in [-0.15, -0.1) is 11.8 Å². The molecular weight excluding hydrogens is 474 g/mol. The quantitative estimate of drug-likeness (QED) is 0.244. The molecule has 0 unspecified atom stereocenters. The maximum absolute atomic E-state index is 13.3. The van der Waals surface area contributed by atoms with Gasteiger partial charge in [0.1, 0.15) is 17.4 Å². The summed E-state index contributed by atoms with van der Waals surface area (Å²) < 4.78 is 5.90. The number of amides is 1. The number of thiocarbonyl (C=S) groups is 1. The highest BCUT2D eigenvalue weighted by Gasteiger charge is 2.49. The van der Waals surface area contributed by atoms with E-state index in [2.05, 4.69) is 32.0 Å². The number of benzene rings is 2. The minimum Gasteiger partial charge on any atom is -0.494 e. The third-order valence-corrected chi connectivity index (χ3v) is 7.44. The van der Waals surface area contributed by atoms with E-state index in [1.165, 1.54) is 9.80 Å². The lowest BCUT2D eigenvalue weighted by Crippen LogP contribution is -2.44. The van der Waals surface area contributed by atoms with Crippen molar-refractivity contribution in [3.63, 3.8) is 0 Å². The topological polar surface area (TPSA) is 56.6 Å². The van der Waals surface area contributed by atoms with Gasteiger partial charge in [-0.25, -0.2) is 0 Å². The first-order valence-electron chi connectivity index (χ1n) is 10.8. The van der Waals surface area contributed by atoms with Crippen LogP contribution < -0.4 is 9.64 Å². The molecule has 1 saturated heterocycles. The lowest BCUT2D eigenvalue weighted by Gasteiger charge is -2.29. The molecule has 1 heterocycles. The van der Waals surface area contributed by atoms with Gasteiger partial charge in [0.25, 0.3) is 5.91 Å². The van der Waals surface area contributed by atoms with Crippen LogP contribution in [0.15, 0.2) is 41.3 Å². The highest BCUT2D eigenvalue weighted by Crippen LogP contribution is 2.37.